The van der Waals surface area contributed by atoms with Crippen LogP contribution < -0.4 is 4.90 Å². The summed E-state index contributed by atoms with van der Waals surface area (Å²) in [6.07, 6.45) is 5.47. The third-order valence-corrected chi connectivity index (χ3v) is 5.49. The monoisotopic (exact) mass is 403 g/mol. The van der Waals surface area contributed by atoms with E-state index in [0.717, 1.165) is 54.0 Å². The number of piperidine rings is 1. The number of aromatic nitrogens is 4. The minimum Gasteiger partial charge on any atom is -0.373 e. The van der Waals surface area contributed by atoms with Crippen LogP contribution in [0.5, 0.6) is 0 Å². The van der Waals surface area contributed by atoms with Crippen LogP contribution in [0.3, 0.4) is 0 Å². The molecule has 2 aromatic carbocycles. The highest BCUT2D eigenvalue weighted by Crippen LogP contribution is 2.27. The van der Waals surface area contributed by atoms with E-state index in [1.807, 2.05) is 41.2 Å². The molecule has 0 aliphatic carbocycles. The number of rotatable bonds is 5. The number of ether oxygens (including phenoxy) is 1. The van der Waals surface area contributed by atoms with Crippen molar-refractivity contribution >= 4 is 16.9 Å². The van der Waals surface area contributed by atoms with Crippen LogP contribution in [-0.2, 0) is 11.3 Å². The molecule has 0 atom stereocenters. The van der Waals surface area contributed by atoms with Gasteiger partial charge in [-0.3, -0.25) is 0 Å². The lowest BCUT2D eigenvalue weighted by molar-refractivity contribution is 0.0250. The van der Waals surface area contributed by atoms with Crippen LogP contribution in [0.1, 0.15) is 18.4 Å². The summed E-state index contributed by atoms with van der Waals surface area (Å²) in [4.78, 5) is 11.3. The second-order valence-corrected chi connectivity index (χ2v) is 7.45. The Balaban J connectivity index is 1.27. The SMILES string of the molecule is Fc1ccc(COC2CCN(c3ncnc4c3cnn4-c3ccccc3)CC2)cc1. The van der Waals surface area contributed by atoms with E-state index >= 15 is 0 Å². The number of fused-ring (bicyclic) bond motifs is 1. The van der Waals surface area contributed by atoms with E-state index in [4.69, 9.17) is 4.74 Å². The summed E-state index contributed by atoms with van der Waals surface area (Å²) in [5, 5.41) is 5.49. The average molecular weight is 403 g/mol. The molecule has 6 nitrogen and oxygen atoms in total. The number of hydrogen-bond donors (Lipinski definition) is 0. The van der Waals surface area contributed by atoms with Crippen LogP contribution in [0.15, 0.2) is 67.1 Å². The molecule has 152 valence electrons. The Morgan fingerprint density at radius 2 is 1.73 bits per heavy atom. The molecule has 0 unspecified atom stereocenters. The van der Waals surface area contributed by atoms with Gasteiger partial charge in [0.1, 0.15) is 18.0 Å². The predicted octanol–water partition coefficient (Wildman–Crippen LogP) is 4.14. The molecule has 1 fully saturated rings. The molecule has 0 radical (unpaired) electrons. The van der Waals surface area contributed by atoms with Gasteiger partial charge < -0.3 is 9.64 Å². The predicted molar refractivity (Wildman–Crippen MR) is 113 cm³/mol. The molecule has 30 heavy (non-hydrogen) atoms. The molecule has 5 rings (SSSR count). The Morgan fingerprint density at radius 1 is 0.967 bits per heavy atom. The number of nitrogens with zero attached hydrogens (tertiary/aromatic N) is 5. The first-order valence-electron chi connectivity index (χ1n) is 10.1. The third kappa shape index (κ3) is 3.76. The van der Waals surface area contributed by atoms with Gasteiger partial charge in [-0.25, -0.2) is 19.0 Å². The summed E-state index contributed by atoms with van der Waals surface area (Å²) in [7, 11) is 0. The molecule has 3 heterocycles. The first-order valence-corrected chi connectivity index (χ1v) is 10.1. The number of hydrogen-bond acceptors (Lipinski definition) is 5. The van der Waals surface area contributed by atoms with Crippen molar-refractivity contribution in [2.75, 3.05) is 18.0 Å². The van der Waals surface area contributed by atoms with Gasteiger partial charge >= 0.3 is 0 Å². The fraction of sp³-hybridized carbons (Fsp3) is 0.261. The molecule has 0 spiro atoms. The molecule has 0 amide bonds. The van der Waals surface area contributed by atoms with Crippen molar-refractivity contribution in [3.05, 3.63) is 78.5 Å². The molecule has 4 aromatic rings. The van der Waals surface area contributed by atoms with Crippen LogP contribution in [0.4, 0.5) is 10.2 Å². The molecule has 1 saturated heterocycles. The number of benzene rings is 2. The highest BCUT2D eigenvalue weighted by Gasteiger charge is 2.23. The number of para-hydroxylation sites is 1. The maximum Gasteiger partial charge on any atom is 0.168 e. The number of halogens is 1. The zero-order chi connectivity index (χ0) is 20.3. The second-order valence-electron chi connectivity index (χ2n) is 7.45. The molecule has 0 bridgehead atoms. The van der Waals surface area contributed by atoms with Crippen molar-refractivity contribution in [1.82, 2.24) is 19.7 Å². The Hall–Kier alpha value is -3.32. The van der Waals surface area contributed by atoms with Gasteiger partial charge in [-0.15, -0.1) is 0 Å². The van der Waals surface area contributed by atoms with E-state index in [1.54, 1.807) is 18.5 Å². The standard InChI is InChI=1S/C23H22FN5O/c24-18-8-6-17(7-9-18)15-30-20-10-12-28(13-11-20)22-21-14-27-29(23(21)26-16-25-22)19-4-2-1-3-5-19/h1-9,14,16,20H,10-13,15H2. The van der Waals surface area contributed by atoms with Crippen molar-refractivity contribution in [3.63, 3.8) is 0 Å². The van der Waals surface area contributed by atoms with Crippen LogP contribution in [-0.4, -0.2) is 38.9 Å². The van der Waals surface area contributed by atoms with Gasteiger partial charge in [-0.2, -0.15) is 5.10 Å². The fourth-order valence-electron chi connectivity index (χ4n) is 3.87. The summed E-state index contributed by atoms with van der Waals surface area (Å²) in [6.45, 7) is 2.22. The molecule has 1 aliphatic heterocycles. The van der Waals surface area contributed by atoms with E-state index in [0.29, 0.717) is 6.61 Å². The van der Waals surface area contributed by atoms with Gasteiger partial charge in [0.15, 0.2) is 5.65 Å². The van der Waals surface area contributed by atoms with Gasteiger partial charge in [0.05, 0.1) is 30.0 Å². The summed E-state index contributed by atoms with van der Waals surface area (Å²) >= 11 is 0. The van der Waals surface area contributed by atoms with Gasteiger partial charge in [-0.1, -0.05) is 30.3 Å². The largest absolute Gasteiger partial charge is 0.373 e. The quantitative estimate of drug-likeness (QED) is 0.501. The van der Waals surface area contributed by atoms with Crippen LogP contribution >= 0.6 is 0 Å². The Labute approximate surface area is 173 Å². The maximum absolute atomic E-state index is 13.0. The molecule has 1 aliphatic rings. The van der Waals surface area contributed by atoms with E-state index in [-0.39, 0.29) is 11.9 Å². The molecule has 0 N–H and O–H groups in total. The van der Waals surface area contributed by atoms with E-state index in [1.165, 1.54) is 12.1 Å². The fourth-order valence-corrected chi connectivity index (χ4v) is 3.87. The number of anilines is 1. The second kappa shape index (κ2) is 8.20. The lowest BCUT2D eigenvalue weighted by Crippen LogP contribution is -2.37. The lowest BCUT2D eigenvalue weighted by Gasteiger charge is -2.32. The minimum atomic E-state index is -0.223. The third-order valence-electron chi connectivity index (χ3n) is 5.49. The lowest BCUT2D eigenvalue weighted by atomic mass is 10.1. The maximum atomic E-state index is 13.0. The highest BCUT2D eigenvalue weighted by atomic mass is 19.1. The van der Waals surface area contributed by atoms with Crippen molar-refractivity contribution in [1.29, 1.82) is 0 Å². The van der Waals surface area contributed by atoms with Crippen molar-refractivity contribution < 1.29 is 9.13 Å². The normalized spacial score (nSPS) is 15.0. The van der Waals surface area contributed by atoms with E-state index in [9.17, 15) is 4.39 Å². The smallest absolute Gasteiger partial charge is 0.168 e. The molecule has 2 aromatic heterocycles. The first kappa shape index (κ1) is 18.7. The minimum absolute atomic E-state index is 0.190. The van der Waals surface area contributed by atoms with E-state index in [2.05, 4.69) is 20.0 Å². The Bertz CT molecular complexity index is 1120. The van der Waals surface area contributed by atoms with Gasteiger partial charge in [0, 0.05) is 13.1 Å². The van der Waals surface area contributed by atoms with Crippen molar-refractivity contribution in [2.45, 2.75) is 25.6 Å². The highest BCUT2D eigenvalue weighted by molar-refractivity contribution is 5.87. The van der Waals surface area contributed by atoms with E-state index < -0.39 is 0 Å². The van der Waals surface area contributed by atoms with Gasteiger partial charge in [-0.05, 0) is 42.7 Å². The summed E-state index contributed by atoms with van der Waals surface area (Å²) in [6, 6.07) is 16.5. The first-order chi connectivity index (χ1) is 14.8. The topological polar surface area (TPSA) is 56.1 Å². The molecular weight excluding hydrogens is 381 g/mol. The molecule has 7 heteroatoms. The van der Waals surface area contributed by atoms with Gasteiger partial charge in [0.25, 0.3) is 0 Å². The summed E-state index contributed by atoms with van der Waals surface area (Å²) < 4.78 is 20.9. The summed E-state index contributed by atoms with van der Waals surface area (Å²) in [5.74, 6) is 0.693. The zero-order valence-corrected chi connectivity index (χ0v) is 16.5. The molecular formula is C23H22FN5O. The van der Waals surface area contributed by atoms with Crippen LogP contribution in [0, 0.1) is 5.82 Å². The van der Waals surface area contributed by atoms with Crippen LogP contribution in [0.2, 0.25) is 0 Å². The zero-order valence-electron chi connectivity index (χ0n) is 16.5. The molecule has 0 saturated carbocycles. The van der Waals surface area contributed by atoms with Crippen LogP contribution in [0.25, 0.3) is 16.7 Å². The van der Waals surface area contributed by atoms with Gasteiger partial charge in [0.2, 0.25) is 0 Å². The average Bonchev–Trinajstić information content (AvgIpc) is 3.24. The van der Waals surface area contributed by atoms with Crippen molar-refractivity contribution in [2.24, 2.45) is 0 Å². The Kier molecular flexibility index (Phi) is 5.11. The van der Waals surface area contributed by atoms with Crippen molar-refractivity contribution in [3.8, 4) is 5.69 Å². The Morgan fingerprint density at radius 3 is 2.50 bits per heavy atom. The summed E-state index contributed by atoms with van der Waals surface area (Å²) in [5.41, 5.74) is 2.77.